The molecule has 13 heavy (non-hydrogen) atoms. The molecule has 0 bridgehead atoms. The van der Waals surface area contributed by atoms with Crippen LogP contribution in [0.2, 0.25) is 0 Å². The third-order valence-corrected chi connectivity index (χ3v) is 2.72. The molecule has 1 fully saturated rings. The molecule has 4 nitrogen and oxygen atoms in total. The summed E-state index contributed by atoms with van der Waals surface area (Å²) < 4.78 is 22.7. The number of rotatable bonds is 4. The first-order valence-corrected chi connectivity index (χ1v) is 7.04. The Bertz CT molecular complexity index is 234. The summed E-state index contributed by atoms with van der Waals surface area (Å²) in [6, 6.07) is 0. The molecule has 0 amide bonds. The lowest BCUT2D eigenvalue weighted by Gasteiger charge is -2.25. The van der Waals surface area contributed by atoms with Gasteiger partial charge in [-0.2, -0.15) is 0 Å². The fourth-order valence-corrected chi connectivity index (χ4v) is 1.72. The van der Waals surface area contributed by atoms with Crippen molar-refractivity contribution in [1.29, 1.82) is 0 Å². The Morgan fingerprint density at radius 1 is 1.85 bits per heavy atom. The number of hydrogen-bond acceptors (Lipinski definition) is 5. The summed E-state index contributed by atoms with van der Waals surface area (Å²) in [7, 11) is 1.55. The lowest BCUT2D eigenvalue weighted by atomic mass is 10.2. The highest BCUT2D eigenvalue weighted by atomic mass is 32.5. The average Bonchev–Trinajstić information content (AvgIpc) is 2.41. The first-order valence-electron chi connectivity index (χ1n) is 4.53. The van der Waals surface area contributed by atoms with Gasteiger partial charge in [0.05, 0.1) is 14.1 Å². The predicted molar refractivity (Wildman–Crippen MR) is 51.3 cm³/mol. The largest absolute Gasteiger partial charge is 0.801 e. The molecule has 0 aromatic rings. The van der Waals surface area contributed by atoms with Gasteiger partial charge in [0.1, 0.15) is 6.10 Å². The van der Waals surface area contributed by atoms with Gasteiger partial charge in [0.15, 0.2) is 0 Å². The molecule has 0 aromatic carbocycles. The van der Waals surface area contributed by atoms with Crippen LogP contribution in [-0.2, 0) is 25.8 Å². The number of methoxy groups -OCH3 is 1. The third kappa shape index (κ3) is 4.02. The van der Waals surface area contributed by atoms with Crippen LogP contribution in [0.4, 0.5) is 0 Å². The van der Waals surface area contributed by atoms with Gasteiger partial charge in [-0.25, -0.2) is 0 Å². The van der Waals surface area contributed by atoms with E-state index in [1.54, 1.807) is 7.11 Å². The zero-order chi connectivity index (χ0) is 10.8. The van der Waals surface area contributed by atoms with Gasteiger partial charge in [-0.15, -0.1) is 0 Å². The Kier molecular flexibility index (Phi) is 3.72. The number of ether oxygens (including phenoxy) is 2. The van der Waals surface area contributed by atoms with E-state index in [2.05, 4.69) is 11.8 Å². The second kappa shape index (κ2) is 4.82. The fraction of sp³-hybridized carbons (Fsp3) is 1.00. The molecule has 0 N–H and O–H groups in total. The fourth-order valence-electron chi connectivity index (χ4n) is 1.12. The SMILES string of the molecule is [3H]C1C[C@@H](OC)[C@@H](COP(C)([O-])=S)O1. The zero-order valence-corrected chi connectivity index (χ0v) is 9.35. The molecule has 4 atom stereocenters. The molecule has 0 radical (unpaired) electrons. The van der Waals surface area contributed by atoms with Crippen molar-refractivity contribution in [3.05, 3.63) is 0 Å². The van der Waals surface area contributed by atoms with Crippen molar-refractivity contribution in [3.8, 4) is 0 Å². The van der Waals surface area contributed by atoms with E-state index in [9.17, 15) is 4.89 Å². The van der Waals surface area contributed by atoms with E-state index in [0.29, 0.717) is 6.42 Å². The molecule has 0 aromatic heterocycles. The highest BCUT2D eigenvalue weighted by Crippen LogP contribution is 2.33. The molecule has 2 unspecified atom stereocenters. The second-order valence-electron chi connectivity index (χ2n) is 2.92. The van der Waals surface area contributed by atoms with Gasteiger partial charge >= 0.3 is 0 Å². The van der Waals surface area contributed by atoms with Crippen LogP contribution < -0.4 is 4.89 Å². The van der Waals surface area contributed by atoms with E-state index >= 15 is 0 Å². The van der Waals surface area contributed by atoms with Gasteiger partial charge in [0.25, 0.3) is 0 Å². The number of hydrogen-bond donors (Lipinski definition) is 0. The average molecular weight is 227 g/mol. The van der Waals surface area contributed by atoms with Gasteiger partial charge < -0.3 is 18.9 Å². The van der Waals surface area contributed by atoms with Crippen molar-refractivity contribution < 1.29 is 20.3 Å². The molecule has 6 heteroatoms. The Morgan fingerprint density at radius 3 is 3.08 bits per heavy atom. The van der Waals surface area contributed by atoms with Gasteiger partial charge in [-0.05, 0) is 19.6 Å². The van der Waals surface area contributed by atoms with Crippen LogP contribution in [0.1, 0.15) is 7.79 Å². The minimum atomic E-state index is -2.89. The summed E-state index contributed by atoms with van der Waals surface area (Å²) in [4.78, 5) is 11.1. The highest BCUT2D eigenvalue weighted by molar-refractivity contribution is 8.08. The van der Waals surface area contributed by atoms with E-state index < -0.39 is 13.1 Å². The molecule has 1 rings (SSSR count). The smallest absolute Gasteiger partial charge is 0.107 e. The van der Waals surface area contributed by atoms with Gasteiger partial charge in [0, 0.05) is 13.7 Å². The van der Waals surface area contributed by atoms with Gasteiger partial charge in [0.2, 0.25) is 0 Å². The summed E-state index contributed by atoms with van der Waals surface area (Å²) in [5.41, 5.74) is 0. The van der Waals surface area contributed by atoms with Crippen LogP contribution in [0.25, 0.3) is 0 Å². The quantitative estimate of drug-likeness (QED) is 0.638. The van der Waals surface area contributed by atoms with Crippen molar-refractivity contribution in [2.24, 2.45) is 0 Å². The van der Waals surface area contributed by atoms with E-state index in [1.165, 1.54) is 6.66 Å². The molecule has 0 spiro atoms. The van der Waals surface area contributed by atoms with E-state index in [-0.39, 0.29) is 18.8 Å². The molecule has 1 heterocycles. The van der Waals surface area contributed by atoms with Crippen molar-refractivity contribution in [3.63, 3.8) is 0 Å². The maximum Gasteiger partial charge on any atom is 0.107 e. The van der Waals surface area contributed by atoms with Crippen LogP contribution in [-0.4, -0.2) is 39.2 Å². The van der Waals surface area contributed by atoms with Crippen molar-refractivity contribution >= 4 is 18.3 Å². The maximum absolute atomic E-state index is 11.1. The van der Waals surface area contributed by atoms with E-state index in [4.69, 9.17) is 15.4 Å². The van der Waals surface area contributed by atoms with Crippen LogP contribution in [0.3, 0.4) is 0 Å². The van der Waals surface area contributed by atoms with Crippen molar-refractivity contribution in [2.45, 2.75) is 18.6 Å². The van der Waals surface area contributed by atoms with Crippen LogP contribution in [0.5, 0.6) is 0 Å². The molecular weight excluding hydrogens is 211 g/mol. The van der Waals surface area contributed by atoms with Gasteiger partial charge in [-0.1, -0.05) is 11.8 Å². The molecule has 0 aliphatic carbocycles. The molecule has 1 saturated heterocycles. The highest BCUT2D eigenvalue weighted by Gasteiger charge is 2.28. The summed E-state index contributed by atoms with van der Waals surface area (Å²) in [5, 5.41) is 0. The van der Waals surface area contributed by atoms with Crippen molar-refractivity contribution in [1.82, 2.24) is 0 Å². The first kappa shape index (κ1) is 10.0. The molecule has 1 aliphatic rings. The summed E-state index contributed by atoms with van der Waals surface area (Å²) in [6.45, 7) is -1.97. The second-order valence-corrected chi connectivity index (χ2v) is 6.71. The normalized spacial score (nSPS) is 39.9. The van der Waals surface area contributed by atoms with Crippen LogP contribution in [0, 0.1) is 0 Å². The predicted octanol–water partition coefficient (Wildman–Crippen LogP) is 0.106. The Morgan fingerprint density at radius 2 is 2.54 bits per heavy atom. The van der Waals surface area contributed by atoms with Crippen LogP contribution in [0.15, 0.2) is 0 Å². The minimum Gasteiger partial charge on any atom is -0.801 e. The molecule has 0 saturated carbocycles. The van der Waals surface area contributed by atoms with E-state index in [0.717, 1.165) is 0 Å². The van der Waals surface area contributed by atoms with Gasteiger partial charge in [-0.3, -0.25) is 0 Å². The zero-order valence-electron chi connectivity index (χ0n) is 8.63. The molecule has 1 aliphatic heterocycles. The Balaban J connectivity index is 2.40. The Labute approximate surface area is 84.8 Å². The summed E-state index contributed by atoms with van der Waals surface area (Å²) in [5.74, 6) is 0. The molecule has 78 valence electrons. The lowest BCUT2D eigenvalue weighted by molar-refractivity contribution is -0.183. The van der Waals surface area contributed by atoms with Crippen molar-refractivity contribution in [2.75, 3.05) is 27.0 Å². The third-order valence-electron chi connectivity index (χ3n) is 1.79. The monoisotopic (exact) mass is 227 g/mol. The van der Waals surface area contributed by atoms with Crippen LogP contribution >= 0.6 is 6.49 Å². The Hall–Kier alpha value is 0.490. The summed E-state index contributed by atoms with van der Waals surface area (Å²) in [6.07, 6.45) is 0.00783. The summed E-state index contributed by atoms with van der Waals surface area (Å²) >= 11 is 4.61. The van der Waals surface area contributed by atoms with E-state index in [1.807, 2.05) is 0 Å². The first-order chi connectivity index (χ1) is 6.42. The molecular formula is C7H14O4PS-. The lowest BCUT2D eigenvalue weighted by Crippen LogP contribution is -2.28. The standard InChI is InChI=1S/C7H15O4PS/c1-9-6-3-4-10-7(6)5-11-12(2,8)13/h6-7H,3-5H2,1-2H3,(H,8,13)/p-1/t6-,7-,12?/m1/s1/i4T/t4?,6-,7-,12?. The maximum atomic E-state index is 11.1. The minimum absolute atomic E-state index is 0.130. The topological polar surface area (TPSA) is 50.8 Å².